The van der Waals surface area contributed by atoms with E-state index in [9.17, 15) is 20.1 Å². The third-order valence-corrected chi connectivity index (χ3v) is 7.80. The summed E-state index contributed by atoms with van der Waals surface area (Å²) in [5, 5.41) is 33.4. The Hall–Kier alpha value is -1.21. The van der Waals surface area contributed by atoms with Crippen molar-refractivity contribution in [3.8, 4) is 0 Å². The van der Waals surface area contributed by atoms with Crippen LogP contribution in [-0.4, -0.2) is 59.8 Å². The van der Waals surface area contributed by atoms with Crippen molar-refractivity contribution in [2.24, 2.45) is 22.7 Å². The fraction of sp³-hybridized carbons (Fsp3) is 0.773. The van der Waals surface area contributed by atoms with Gasteiger partial charge >= 0.3 is 5.97 Å². The minimum atomic E-state index is -0.522. The van der Waals surface area contributed by atoms with Gasteiger partial charge in [0, 0.05) is 18.0 Å². The molecule has 6 nitrogen and oxygen atoms in total. The molecule has 1 aliphatic heterocycles. The average molecular weight is 394 g/mol. The average Bonchev–Trinajstić information content (AvgIpc) is 3.10. The minimum absolute atomic E-state index is 0.000883. The highest BCUT2D eigenvalue weighted by atomic mass is 16.5. The van der Waals surface area contributed by atoms with Crippen molar-refractivity contribution in [2.45, 2.75) is 58.1 Å². The van der Waals surface area contributed by atoms with Gasteiger partial charge in [-0.3, -0.25) is 0 Å². The lowest BCUT2D eigenvalue weighted by Gasteiger charge is -2.60. The molecule has 0 aromatic rings. The fourth-order valence-electron chi connectivity index (χ4n) is 6.09. The van der Waals surface area contributed by atoms with E-state index in [-0.39, 0.29) is 42.5 Å². The summed E-state index contributed by atoms with van der Waals surface area (Å²) in [4.78, 5) is 12.2. The summed E-state index contributed by atoms with van der Waals surface area (Å²) >= 11 is 0. The van der Waals surface area contributed by atoms with Gasteiger partial charge in [0.15, 0.2) is 0 Å². The predicted octanol–water partition coefficient (Wildman–Crippen LogP) is 1.55. The summed E-state index contributed by atoms with van der Waals surface area (Å²) in [6.07, 6.45) is 5.33. The molecule has 2 fully saturated rings. The molecule has 3 rings (SSSR count). The van der Waals surface area contributed by atoms with Gasteiger partial charge in [-0.25, -0.2) is 4.79 Å². The number of esters is 1. The number of cyclic esters (lactones) is 1. The van der Waals surface area contributed by atoms with E-state index in [0.717, 1.165) is 19.3 Å². The Morgan fingerprint density at radius 2 is 2.11 bits per heavy atom. The van der Waals surface area contributed by atoms with Crippen LogP contribution in [0.15, 0.2) is 23.8 Å². The molecule has 1 heterocycles. The van der Waals surface area contributed by atoms with E-state index < -0.39 is 11.5 Å². The first-order valence-electron chi connectivity index (χ1n) is 10.5. The van der Waals surface area contributed by atoms with Gasteiger partial charge in [0.2, 0.25) is 0 Å². The number of fused-ring (bicyclic) bond motifs is 1. The van der Waals surface area contributed by atoms with E-state index >= 15 is 0 Å². The molecular weight excluding hydrogens is 358 g/mol. The van der Waals surface area contributed by atoms with Gasteiger partial charge < -0.3 is 25.4 Å². The first kappa shape index (κ1) is 21.5. The van der Waals surface area contributed by atoms with Crippen molar-refractivity contribution in [1.82, 2.24) is 5.32 Å². The normalized spacial score (nSPS) is 39.3. The zero-order valence-electron chi connectivity index (χ0n) is 17.1. The third kappa shape index (κ3) is 3.56. The van der Waals surface area contributed by atoms with Crippen LogP contribution in [0.2, 0.25) is 0 Å². The number of hydrogen-bond donors (Lipinski definition) is 4. The second-order valence-corrected chi connectivity index (χ2v) is 9.25. The van der Waals surface area contributed by atoms with Crippen LogP contribution in [0, 0.1) is 22.7 Å². The molecule has 0 bridgehead atoms. The lowest BCUT2D eigenvalue weighted by atomic mass is 9.46. The molecule has 2 unspecified atom stereocenters. The Kier molecular flexibility index (Phi) is 6.35. The molecule has 2 aliphatic carbocycles. The number of ether oxygens (including phenoxy) is 1. The van der Waals surface area contributed by atoms with Gasteiger partial charge in [0.25, 0.3) is 0 Å². The maximum atomic E-state index is 12.2. The van der Waals surface area contributed by atoms with E-state index in [0.29, 0.717) is 31.6 Å². The molecule has 4 N–H and O–H groups in total. The standard InChI is InChI=1S/C22H35NO5/c1-14-4-5-18-21(2,8-6-19(26)22(18,3)13-25)16(14)12-17(23-9-10-24)15-7-11-28-20(15)27/h7,16-19,23-26H,1,4-6,8-13H2,2-3H3/t16-,17?,18?,19-,21+,22+/m1/s1. The highest BCUT2D eigenvalue weighted by Crippen LogP contribution is 2.61. The third-order valence-electron chi connectivity index (χ3n) is 7.80. The smallest absolute Gasteiger partial charge is 0.335 e. The first-order valence-corrected chi connectivity index (χ1v) is 10.5. The predicted molar refractivity (Wildman–Crippen MR) is 106 cm³/mol. The summed E-state index contributed by atoms with van der Waals surface area (Å²) in [5.74, 6) is 0.0557. The molecule has 3 aliphatic rings. The van der Waals surface area contributed by atoms with Crippen LogP contribution in [0.25, 0.3) is 0 Å². The molecule has 2 saturated carbocycles. The van der Waals surface area contributed by atoms with Crippen LogP contribution in [0.3, 0.4) is 0 Å². The molecule has 0 amide bonds. The number of hydrogen-bond acceptors (Lipinski definition) is 6. The van der Waals surface area contributed by atoms with E-state index in [1.165, 1.54) is 5.57 Å². The number of aliphatic hydroxyl groups excluding tert-OH is 3. The molecular formula is C22H35NO5. The Labute approximate surface area is 167 Å². The highest BCUT2D eigenvalue weighted by molar-refractivity contribution is 5.91. The molecule has 6 atom stereocenters. The molecule has 0 aromatic carbocycles. The number of carbonyl (C=O) groups excluding carboxylic acids is 1. The largest absolute Gasteiger partial charge is 0.458 e. The zero-order chi connectivity index (χ0) is 20.5. The van der Waals surface area contributed by atoms with Crippen molar-refractivity contribution in [2.75, 3.05) is 26.4 Å². The second kappa shape index (κ2) is 8.27. The lowest BCUT2D eigenvalue weighted by Crippen LogP contribution is -2.58. The van der Waals surface area contributed by atoms with Crippen molar-refractivity contribution >= 4 is 5.97 Å². The SMILES string of the molecule is C=C1CCC2[C@](C)(CO)[C@H](O)CC[C@@]2(C)[C@@H]1CC(NCCO)C1=CCOC1=O. The van der Waals surface area contributed by atoms with Crippen LogP contribution >= 0.6 is 0 Å². The van der Waals surface area contributed by atoms with Gasteiger partial charge in [-0.2, -0.15) is 0 Å². The number of carbonyl (C=O) groups is 1. The van der Waals surface area contributed by atoms with Crippen molar-refractivity contribution < 1.29 is 24.9 Å². The fourth-order valence-corrected chi connectivity index (χ4v) is 6.09. The molecule has 28 heavy (non-hydrogen) atoms. The Bertz CT molecular complexity index is 647. The van der Waals surface area contributed by atoms with Gasteiger partial charge in [0.05, 0.1) is 24.9 Å². The molecule has 0 radical (unpaired) electrons. The van der Waals surface area contributed by atoms with Crippen molar-refractivity contribution in [3.63, 3.8) is 0 Å². The monoisotopic (exact) mass is 393 g/mol. The van der Waals surface area contributed by atoms with Crippen LogP contribution in [-0.2, 0) is 9.53 Å². The summed E-state index contributed by atoms with van der Waals surface area (Å²) in [7, 11) is 0. The zero-order valence-corrected chi connectivity index (χ0v) is 17.1. The summed E-state index contributed by atoms with van der Waals surface area (Å²) in [5.41, 5.74) is 1.19. The molecule has 0 saturated heterocycles. The van der Waals surface area contributed by atoms with E-state index in [1.54, 1.807) is 0 Å². The van der Waals surface area contributed by atoms with E-state index in [4.69, 9.17) is 4.74 Å². The van der Waals surface area contributed by atoms with Crippen LogP contribution in [0.1, 0.15) is 46.0 Å². The Morgan fingerprint density at radius 1 is 1.36 bits per heavy atom. The van der Waals surface area contributed by atoms with Crippen LogP contribution in [0.4, 0.5) is 0 Å². The van der Waals surface area contributed by atoms with Crippen molar-refractivity contribution in [1.29, 1.82) is 0 Å². The molecule has 6 heteroatoms. The Morgan fingerprint density at radius 3 is 2.71 bits per heavy atom. The number of nitrogens with one attached hydrogen (secondary N) is 1. The molecule has 0 aromatic heterocycles. The topological polar surface area (TPSA) is 99.0 Å². The lowest BCUT2D eigenvalue weighted by molar-refractivity contribution is -0.153. The second-order valence-electron chi connectivity index (χ2n) is 9.25. The van der Waals surface area contributed by atoms with E-state index in [2.05, 4.69) is 18.8 Å². The summed E-state index contributed by atoms with van der Waals surface area (Å²) in [6.45, 7) is 9.30. The van der Waals surface area contributed by atoms with Gasteiger partial charge in [-0.1, -0.05) is 26.0 Å². The van der Waals surface area contributed by atoms with Gasteiger partial charge in [-0.15, -0.1) is 0 Å². The van der Waals surface area contributed by atoms with Crippen LogP contribution in [0.5, 0.6) is 0 Å². The van der Waals surface area contributed by atoms with Gasteiger partial charge in [-0.05, 0) is 55.4 Å². The van der Waals surface area contributed by atoms with Crippen molar-refractivity contribution in [3.05, 3.63) is 23.8 Å². The highest BCUT2D eigenvalue weighted by Gasteiger charge is 2.57. The first-order chi connectivity index (χ1) is 13.3. The number of rotatable bonds is 7. The number of allylic oxidation sites excluding steroid dienone is 1. The quantitative estimate of drug-likeness (QED) is 0.387. The minimum Gasteiger partial charge on any atom is -0.458 e. The number of aliphatic hydroxyl groups is 3. The van der Waals surface area contributed by atoms with Crippen LogP contribution < -0.4 is 5.32 Å². The van der Waals surface area contributed by atoms with Gasteiger partial charge in [0.1, 0.15) is 6.61 Å². The summed E-state index contributed by atoms with van der Waals surface area (Å²) < 4.78 is 5.12. The summed E-state index contributed by atoms with van der Waals surface area (Å²) in [6, 6.07) is -0.202. The maximum Gasteiger partial charge on any atom is 0.335 e. The Balaban J connectivity index is 1.90. The molecule has 158 valence electrons. The maximum absolute atomic E-state index is 12.2. The van der Waals surface area contributed by atoms with E-state index in [1.807, 2.05) is 13.0 Å². The molecule has 0 spiro atoms.